The Morgan fingerprint density at radius 2 is 2.06 bits per heavy atom. The maximum Gasteiger partial charge on any atom is 0.0598 e. The second-order valence-electron chi connectivity index (χ2n) is 5.56. The van der Waals surface area contributed by atoms with E-state index in [9.17, 15) is 0 Å². The number of hydrogen-bond donors (Lipinski definition) is 1. The van der Waals surface area contributed by atoms with Crippen LogP contribution in [-0.4, -0.2) is 25.8 Å². The van der Waals surface area contributed by atoms with Gasteiger partial charge >= 0.3 is 0 Å². The van der Waals surface area contributed by atoms with Crippen molar-refractivity contribution in [2.75, 3.05) is 20.2 Å². The predicted octanol–water partition coefficient (Wildman–Crippen LogP) is 3.96. The molecule has 0 bridgehead atoms. The zero-order valence-electron chi connectivity index (χ0n) is 11.8. The molecule has 18 heavy (non-hydrogen) atoms. The highest BCUT2D eigenvalue weighted by Gasteiger charge is 2.14. The normalized spacial score (nSPS) is 13.6. The fourth-order valence-corrected chi connectivity index (χ4v) is 2.32. The summed E-state index contributed by atoms with van der Waals surface area (Å²) in [6.07, 6.45) is 1.04. The van der Waals surface area contributed by atoms with Gasteiger partial charge in [-0.2, -0.15) is 0 Å². The molecule has 0 aliphatic rings. The Morgan fingerprint density at radius 1 is 1.33 bits per heavy atom. The third-order valence-corrected chi connectivity index (χ3v) is 3.27. The van der Waals surface area contributed by atoms with Gasteiger partial charge < -0.3 is 10.1 Å². The van der Waals surface area contributed by atoms with Crippen molar-refractivity contribution in [2.24, 2.45) is 0 Å². The largest absolute Gasteiger partial charge is 0.376 e. The summed E-state index contributed by atoms with van der Waals surface area (Å²) in [6, 6.07) is 8.53. The molecule has 1 aromatic rings. The highest BCUT2D eigenvalue weighted by Crippen LogP contribution is 2.23. The van der Waals surface area contributed by atoms with Crippen LogP contribution in [0.2, 0.25) is 0 Å². The van der Waals surface area contributed by atoms with Crippen LogP contribution in [0.15, 0.2) is 28.7 Å². The molecule has 1 atom stereocenters. The standard InChI is InChI=1S/C15H24BrNO/c1-15(2,3)18-9-8-13(11-17-4)12-6-5-7-14(16)10-12/h5-7,10,13,17H,8-9,11H2,1-4H3. The zero-order chi connectivity index (χ0) is 13.6. The summed E-state index contributed by atoms with van der Waals surface area (Å²) in [5.74, 6) is 0.495. The summed E-state index contributed by atoms with van der Waals surface area (Å²) in [5.41, 5.74) is 1.30. The van der Waals surface area contributed by atoms with E-state index in [4.69, 9.17) is 4.74 Å². The molecule has 0 heterocycles. The number of rotatable bonds is 6. The lowest BCUT2D eigenvalue weighted by molar-refractivity contribution is -0.00618. The monoisotopic (exact) mass is 313 g/mol. The maximum atomic E-state index is 5.82. The van der Waals surface area contributed by atoms with Crippen LogP contribution >= 0.6 is 15.9 Å². The van der Waals surface area contributed by atoms with Crippen LogP contribution in [-0.2, 0) is 4.74 Å². The second-order valence-corrected chi connectivity index (χ2v) is 6.47. The van der Waals surface area contributed by atoms with Crippen LogP contribution < -0.4 is 5.32 Å². The molecule has 0 radical (unpaired) electrons. The van der Waals surface area contributed by atoms with E-state index >= 15 is 0 Å². The Morgan fingerprint density at radius 3 is 2.61 bits per heavy atom. The van der Waals surface area contributed by atoms with Crippen molar-refractivity contribution in [3.8, 4) is 0 Å². The van der Waals surface area contributed by atoms with E-state index < -0.39 is 0 Å². The van der Waals surface area contributed by atoms with Crippen molar-refractivity contribution < 1.29 is 4.74 Å². The predicted molar refractivity (Wildman–Crippen MR) is 81.1 cm³/mol. The van der Waals surface area contributed by atoms with E-state index in [2.05, 4.69) is 66.3 Å². The molecule has 0 saturated carbocycles. The van der Waals surface area contributed by atoms with Crippen molar-refractivity contribution in [1.82, 2.24) is 5.32 Å². The van der Waals surface area contributed by atoms with Gasteiger partial charge in [-0.05, 0) is 57.9 Å². The molecule has 0 saturated heterocycles. The summed E-state index contributed by atoms with van der Waals surface area (Å²) in [4.78, 5) is 0. The number of benzene rings is 1. The molecule has 0 aliphatic heterocycles. The minimum absolute atomic E-state index is 0.0541. The highest BCUT2D eigenvalue weighted by molar-refractivity contribution is 9.10. The molecule has 1 unspecified atom stereocenters. The van der Waals surface area contributed by atoms with E-state index in [1.165, 1.54) is 5.56 Å². The topological polar surface area (TPSA) is 21.3 Å². The fourth-order valence-electron chi connectivity index (χ4n) is 1.90. The summed E-state index contributed by atoms with van der Waals surface area (Å²) in [6.45, 7) is 8.06. The molecule has 0 fully saturated rings. The average molecular weight is 314 g/mol. The Bertz CT molecular complexity index is 360. The van der Waals surface area contributed by atoms with Gasteiger partial charge in [0.25, 0.3) is 0 Å². The molecule has 0 aromatic heterocycles. The van der Waals surface area contributed by atoms with E-state index in [0.717, 1.165) is 24.0 Å². The Labute approximate surface area is 119 Å². The van der Waals surface area contributed by atoms with E-state index in [1.807, 2.05) is 7.05 Å². The summed E-state index contributed by atoms with van der Waals surface area (Å²) < 4.78 is 6.96. The fraction of sp³-hybridized carbons (Fsp3) is 0.600. The SMILES string of the molecule is CNCC(CCOC(C)(C)C)c1cccc(Br)c1. The minimum Gasteiger partial charge on any atom is -0.376 e. The quantitative estimate of drug-likeness (QED) is 0.858. The molecular weight excluding hydrogens is 290 g/mol. The Balaban J connectivity index is 2.60. The highest BCUT2D eigenvalue weighted by atomic mass is 79.9. The molecule has 1 rings (SSSR count). The lowest BCUT2D eigenvalue weighted by atomic mass is 9.96. The molecule has 2 nitrogen and oxygen atoms in total. The van der Waals surface area contributed by atoms with Crippen LogP contribution in [0.5, 0.6) is 0 Å². The van der Waals surface area contributed by atoms with E-state index in [-0.39, 0.29) is 5.60 Å². The minimum atomic E-state index is -0.0541. The molecule has 1 aromatic carbocycles. The average Bonchev–Trinajstić information content (AvgIpc) is 2.26. The first-order valence-corrected chi connectivity index (χ1v) is 7.25. The number of hydrogen-bond acceptors (Lipinski definition) is 2. The van der Waals surface area contributed by atoms with Gasteiger partial charge in [-0.15, -0.1) is 0 Å². The van der Waals surface area contributed by atoms with Gasteiger partial charge in [0.15, 0.2) is 0 Å². The van der Waals surface area contributed by atoms with Gasteiger partial charge in [-0.1, -0.05) is 28.1 Å². The summed E-state index contributed by atoms with van der Waals surface area (Å²) >= 11 is 3.53. The van der Waals surface area contributed by atoms with Gasteiger partial charge in [-0.25, -0.2) is 0 Å². The molecular formula is C15H24BrNO. The lowest BCUT2D eigenvalue weighted by Crippen LogP contribution is -2.23. The number of likely N-dealkylation sites (N-methyl/N-ethyl adjacent to an activating group) is 1. The lowest BCUT2D eigenvalue weighted by Gasteiger charge is -2.23. The van der Waals surface area contributed by atoms with Crippen LogP contribution in [0, 0.1) is 0 Å². The molecule has 1 N–H and O–H groups in total. The van der Waals surface area contributed by atoms with Crippen molar-refractivity contribution in [3.63, 3.8) is 0 Å². The van der Waals surface area contributed by atoms with Gasteiger partial charge in [0, 0.05) is 17.6 Å². The molecule has 0 aliphatic carbocycles. The molecule has 3 heteroatoms. The van der Waals surface area contributed by atoms with Crippen molar-refractivity contribution >= 4 is 15.9 Å². The zero-order valence-corrected chi connectivity index (χ0v) is 13.4. The molecule has 0 spiro atoms. The van der Waals surface area contributed by atoms with Crippen molar-refractivity contribution in [3.05, 3.63) is 34.3 Å². The smallest absolute Gasteiger partial charge is 0.0598 e. The first-order chi connectivity index (χ1) is 8.42. The van der Waals surface area contributed by atoms with E-state index in [0.29, 0.717) is 5.92 Å². The van der Waals surface area contributed by atoms with Gasteiger partial charge in [0.2, 0.25) is 0 Å². The van der Waals surface area contributed by atoms with Gasteiger partial charge in [0.1, 0.15) is 0 Å². The second kappa shape index (κ2) is 7.27. The summed E-state index contributed by atoms with van der Waals surface area (Å²) in [7, 11) is 2.00. The summed E-state index contributed by atoms with van der Waals surface area (Å²) in [5, 5.41) is 3.26. The third-order valence-electron chi connectivity index (χ3n) is 2.77. The van der Waals surface area contributed by atoms with Crippen LogP contribution in [0.25, 0.3) is 0 Å². The maximum absolute atomic E-state index is 5.82. The number of ether oxygens (including phenoxy) is 1. The number of nitrogens with one attached hydrogen (secondary N) is 1. The first-order valence-electron chi connectivity index (χ1n) is 6.46. The molecule has 0 amide bonds. The van der Waals surface area contributed by atoms with E-state index in [1.54, 1.807) is 0 Å². The van der Waals surface area contributed by atoms with Crippen LogP contribution in [0.1, 0.15) is 38.7 Å². The van der Waals surface area contributed by atoms with Crippen LogP contribution in [0.4, 0.5) is 0 Å². The van der Waals surface area contributed by atoms with Crippen LogP contribution in [0.3, 0.4) is 0 Å². The third kappa shape index (κ3) is 5.98. The first kappa shape index (κ1) is 15.7. The van der Waals surface area contributed by atoms with Crippen molar-refractivity contribution in [2.45, 2.75) is 38.7 Å². The van der Waals surface area contributed by atoms with Crippen molar-refractivity contribution in [1.29, 1.82) is 0 Å². The Kier molecular flexibility index (Phi) is 6.33. The van der Waals surface area contributed by atoms with Gasteiger partial charge in [-0.3, -0.25) is 0 Å². The van der Waals surface area contributed by atoms with Gasteiger partial charge in [0.05, 0.1) is 5.60 Å². The molecule has 102 valence electrons. The Hall–Kier alpha value is -0.380. The number of halogens is 1.